The summed E-state index contributed by atoms with van der Waals surface area (Å²) >= 11 is 0. The lowest BCUT2D eigenvalue weighted by molar-refractivity contribution is -0.126. The number of halogens is 2. The molecule has 8 heteroatoms. The van der Waals surface area contributed by atoms with E-state index in [9.17, 15) is 18.4 Å². The van der Waals surface area contributed by atoms with Crippen molar-refractivity contribution in [2.24, 2.45) is 0 Å². The summed E-state index contributed by atoms with van der Waals surface area (Å²) in [5, 5.41) is 9.10. The highest BCUT2D eigenvalue weighted by Crippen LogP contribution is 2.17. The van der Waals surface area contributed by atoms with Crippen LogP contribution in [0, 0.1) is 11.6 Å². The number of aromatic nitrogens is 2. The van der Waals surface area contributed by atoms with E-state index < -0.39 is 29.5 Å². The highest BCUT2D eigenvalue weighted by molar-refractivity contribution is 5.95. The maximum atomic E-state index is 13.5. The summed E-state index contributed by atoms with van der Waals surface area (Å²) in [6.07, 6.45) is 6.10. The Morgan fingerprint density at radius 2 is 1.86 bits per heavy atom. The van der Waals surface area contributed by atoms with Crippen molar-refractivity contribution >= 4 is 17.9 Å². The number of rotatable bonds is 6. The maximum absolute atomic E-state index is 13.5. The first-order valence-electron chi connectivity index (χ1n) is 8.73. The number of para-hydroxylation sites is 1. The largest absolute Gasteiger partial charge is 0.357 e. The third-order valence-electron chi connectivity index (χ3n) is 4.12. The standard InChI is InChI=1S/C21H18F2N4O2/c1-24-21(29)20(15-8-9-17(22)18(23)11-15)26-19(28)10-7-14-12-25-27(13-14)16-5-3-2-4-6-16/h2-13,20H,1H3,(H,24,29)(H,26,28). The van der Waals surface area contributed by atoms with E-state index in [4.69, 9.17) is 0 Å². The van der Waals surface area contributed by atoms with E-state index in [1.165, 1.54) is 25.3 Å². The van der Waals surface area contributed by atoms with Gasteiger partial charge in [0.25, 0.3) is 0 Å². The molecular weight excluding hydrogens is 378 g/mol. The van der Waals surface area contributed by atoms with Crippen molar-refractivity contribution in [3.8, 4) is 5.69 Å². The van der Waals surface area contributed by atoms with Gasteiger partial charge in [0.1, 0.15) is 6.04 Å². The van der Waals surface area contributed by atoms with Gasteiger partial charge in [0.05, 0.1) is 11.9 Å². The molecule has 0 radical (unpaired) electrons. The number of amides is 2. The molecule has 0 saturated heterocycles. The van der Waals surface area contributed by atoms with Crippen molar-refractivity contribution in [2.45, 2.75) is 6.04 Å². The molecule has 0 saturated carbocycles. The van der Waals surface area contributed by atoms with Crippen molar-refractivity contribution in [1.82, 2.24) is 20.4 Å². The van der Waals surface area contributed by atoms with Gasteiger partial charge < -0.3 is 10.6 Å². The maximum Gasteiger partial charge on any atom is 0.246 e. The van der Waals surface area contributed by atoms with E-state index in [2.05, 4.69) is 15.7 Å². The molecule has 0 aliphatic carbocycles. The number of hydrogen-bond donors (Lipinski definition) is 2. The van der Waals surface area contributed by atoms with Crippen LogP contribution >= 0.6 is 0 Å². The molecular formula is C21H18F2N4O2. The fraction of sp³-hybridized carbons (Fsp3) is 0.0952. The van der Waals surface area contributed by atoms with Crippen molar-refractivity contribution in [3.05, 3.63) is 89.8 Å². The van der Waals surface area contributed by atoms with E-state index in [0.29, 0.717) is 5.56 Å². The summed E-state index contributed by atoms with van der Waals surface area (Å²) < 4.78 is 28.3. The zero-order valence-corrected chi connectivity index (χ0v) is 15.5. The van der Waals surface area contributed by atoms with Crippen LogP contribution in [0.4, 0.5) is 8.78 Å². The molecule has 2 amide bonds. The second kappa shape index (κ2) is 8.92. The van der Waals surface area contributed by atoms with Crippen LogP contribution in [0.15, 0.2) is 67.0 Å². The molecule has 29 heavy (non-hydrogen) atoms. The van der Waals surface area contributed by atoms with Crippen LogP contribution in [-0.2, 0) is 9.59 Å². The van der Waals surface area contributed by atoms with Crippen LogP contribution in [0.25, 0.3) is 11.8 Å². The zero-order chi connectivity index (χ0) is 20.8. The lowest BCUT2D eigenvalue weighted by Gasteiger charge is -2.17. The summed E-state index contributed by atoms with van der Waals surface area (Å²) in [7, 11) is 1.38. The van der Waals surface area contributed by atoms with Gasteiger partial charge in [-0.25, -0.2) is 13.5 Å². The highest BCUT2D eigenvalue weighted by atomic mass is 19.2. The lowest BCUT2D eigenvalue weighted by atomic mass is 10.1. The predicted octanol–water partition coefficient (Wildman–Crippen LogP) is 2.77. The molecule has 0 fully saturated rings. The fourth-order valence-corrected chi connectivity index (χ4v) is 2.64. The Morgan fingerprint density at radius 1 is 1.10 bits per heavy atom. The third-order valence-corrected chi connectivity index (χ3v) is 4.12. The average molecular weight is 396 g/mol. The predicted molar refractivity (Wildman–Crippen MR) is 104 cm³/mol. The lowest BCUT2D eigenvalue weighted by Crippen LogP contribution is -2.38. The third kappa shape index (κ3) is 4.92. The smallest absolute Gasteiger partial charge is 0.246 e. The van der Waals surface area contributed by atoms with Crippen LogP contribution in [0.3, 0.4) is 0 Å². The Kier molecular flexibility index (Phi) is 6.13. The van der Waals surface area contributed by atoms with Gasteiger partial charge in [-0.15, -0.1) is 0 Å². The quantitative estimate of drug-likeness (QED) is 0.629. The number of hydrogen-bond acceptors (Lipinski definition) is 3. The average Bonchev–Trinajstić information content (AvgIpc) is 3.22. The molecule has 1 atom stereocenters. The molecule has 1 aromatic heterocycles. The fourth-order valence-electron chi connectivity index (χ4n) is 2.64. The van der Waals surface area contributed by atoms with Gasteiger partial charge >= 0.3 is 0 Å². The highest BCUT2D eigenvalue weighted by Gasteiger charge is 2.22. The number of benzene rings is 2. The van der Waals surface area contributed by atoms with Crippen LogP contribution in [0.2, 0.25) is 0 Å². The molecule has 2 N–H and O–H groups in total. The molecule has 1 unspecified atom stereocenters. The minimum atomic E-state index is -1.17. The summed E-state index contributed by atoms with van der Waals surface area (Å²) in [4.78, 5) is 24.4. The van der Waals surface area contributed by atoms with Gasteiger partial charge in [-0.2, -0.15) is 5.10 Å². The number of carbonyl (C=O) groups is 2. The van der Waals surface area contributed by atoms with E-state index >= 15 is 0 Å². The van der Waals surface area contributed by atoms with Gasteiger partial charge in [-0.1, -0.05) is 24.3 Å². The van der Waals surface area contributed by atoms with E-state index in [1.54, 1.807) is 17.1 Å². The minimum absolute atomic E-state index is 0.127. The number of nitrogens with zero attached hydrogens (tertiary/aromatic N) is 2. The first kappa shape index (κ1) is 19.9. The molecule has 0 bridgehead atoms. The Balaban J connectivity index is 1.72. The normalized spacial score (nSPS) is 12.0. The Labute approximate surface area is 165 Å². The van der Waals surface area contributed by atoms with Gasteiger partial charge in [0, 0.05) is 24.9 Å². The topological polar surface area (TPSA) is 76.0 Å². The monoisotopic (exact) mass is 396 g/mol. The molecule has 3 rings (SSSR count). The molecule has 0 aliphatic heterocycles. The summed E-state index contributed by atoms with van der Waals surface area (Å²) in [6.45, 7) is 0. The molecule has 6 nitrogen and oxygen atoms in total. The zero-order valence-electron chi connectivity index (χ0n) is 15.5. The minimum Gasteiger partial charge on any atom is -0.357 e. The van der Waals surface area contributed by atoms with E-state index in [-0.39, 0.29) is 5.56 Å². The van der Waals surface area contributed by atoms with Crippen LogP contribution in [-0.4, -0.2) is 28.6 Å². The summed E-state index contributed by atoms with van der Waals surface area (Å²) in [5.41, 5.74) is 1.67. The first-order chi connectivity index (χ1) is 14.0. The number of carbonyl (C=O) groups excluding carboxylic acids is 2. The van der Waals surface area contributed by atoms with Crippen molar-refractivity contribution < 1.29 is 18.4 Å². The van der Waals surface area contributed by atoms with Gasteiger partial charge in [-0.05, 0) is 35.9 Å². The van der Waals surface area contributed by atoms with Crippen LogP contribution in [0.5, 0.6) is 0 Å². The van der Waals surface area contributed by atoms with Gasteiger partial charge in [-0.3, -0.25) is 9.59 Å². The summed E-state index contributed by atoms with van der Waals surface area (Å²) in [6, 6.07) is 11.3. The van der Waals surface area contributed by atoms with Gasteiger partial charge in [0.2, 0.25) is 11.8 Å². The van der Waals surface area contributed by atoms with E-state index in [0.717, 1.165) is 17.8 Å². The summed E-state index contributed by atoms with van der Waals surface area (Å²) in [5.74, 6) is -3.27. The molecule has 1 heterocycles. The first-order valence-corrected chi connectivity index (χ1v) is 8.73. The molecule has 0 spiro atoms. The van der Waals surface area contributed by atoms with Crippen LogP contribution < -0.4 is 10.6 Å². The van der Waals surface area contributed by atoms with Crippen molar-refractivity contribution in [1.29, 1.82) is 0 Å². The SMILES string of the molecule is CNC(=O)C(NC(=O)C=Cc1cnn(-c2ccccc2)c1)c1ccc(F)c(F)c1. The second-order valence-electron chi connectivity index (χ2n) is 6.12. The number of nitrogens with one attached hydrogen (secondary N) is 2. The van der Waals surface area contributed by atoms with Crippen LogP contribution in [0.1, 0.15) is 17.2 Å². The molecule has 2 aromatic carbocycles. The van der Waals surface area contributed by atoms with Crippen molar-refractivity contribution in [3.63, 3.8) is 0 Å². The van der Waals surface area contributed by atoms with Gasteiger partial charge in [0.15, 0.2) is 11.6 Å². The second-order valence-corrected chi connectivity index (χ2v) is 6.12. The Hall–Kier alpha value is -3.81. The Morgan fingerprint density at radius 3 is 2.55 bits per heavy atom. The van der Waals surface area contributed by atoms with Crippen molar-refractivity contribution in [2.75, 3.05) is 7.05 Å². The molecule has 148 valence electrons. The number of likely N-dealkylation sites (N-methyl/N-ethyl adjacent to an activating group) is 1. The molecule has 0 aliphatic rings. The van der Waals surface area contributed by atoms with E-state index in [1.807, 2.05) is 30.3 Å². The molecule has 3 aromatic rings. The Bertz CT molecular complexity index is 1050.